The first-order chi connectivity index (χ1) is 12.4. The van der Waals surface area contributed by atoms with E-state index in [1.165, 1.54) is 0 Å². The predicted molar refractivity (Wildman–Crippen MR) is 97.9 cm³/mol. The number of nitrogens with zero attached hydrogens (tertiary/aromatic N) is 4. The van der Waals surface area contributed by atoms with Gasteiger partial charge in [0.2, 0.25) is 11.8 Å². The van der Waals surface area contributed by atoms with E-state index in [1.54, 1.807) is 34.8 Å². The minimum Gasteiger partial charge on any atom is -0.495 e. The summed E-state index contributed by atoms with van der Waals surface area (Å²) in [6.07, 6.45) is 3.84. The molecule has 2 aromatic rings. The largest absolute Gasteiger partial charge is 0.495 e. The van der Waals surface area contributed by atoms with Crippen molar-refractivity contribution in [3.63, 3.8) is 0 Å². The van der Waals surface area contributed by atoms with Gasteiger partial charge in [-0.2, -0.15) is 5.10 Å². The van der Waals surface area contributed by atoms with E-state index in [9.17, 15) is 9.59 Å². The van der Waals surface area contributed by atoms with Crippen LogP contribution in [0.4, 0.5) is 5.69 Å². The maximum absolute atomic E-state index is 12.8. The molecule has 1 aromatic carbocycles. The molecule has 0 radical (unpaired) electrons. The molecule has 7 heteroatoms. The molecule has 1 aromatic heterocycles. The number of rotatable bonds is 5. The molecule has 1 aliphatic rings. The van der Waals surface area contributed by atoms with E-state index in [0.717, 1.165) is 16.8 Å². The molecule has 1 saturated heterocycles. The van der Waals surface area contributed by atoms with Gasteiger partial charge >= 0.3 is 0 Å². The van der Waals surface area contributed by atoms with E-state index in [4.69, 9.17) is 4.74 Å². The Morgan fingerprint density at radius 1 is 1.42 bits per heavy atom. The van der Waals surface area contributed by atoms with E-state index in [2.05, 4.69) is 5.10 Å². The Labute approximate surface area is 153 Å². The number of anilines is 1. The minimum absolute atomic E-state index is 0.0312. The van der Waals surface area contributed by atoms with E-state index < -0.39 is 0 Å². The highest BCUT2D eigenvalue weighted by Crippen LogP contribution is 2.34. The van der Waals surface area contributed by atoms with Crippen LogP contribution in [0.2, 0.25) is 0 Å². The zero-order valence-electron chi connectivity index (χ0n) is 15.6. The molecular formula is C19H24N4O3. The van der Waals surface area contributed by atoms with Crippen LogP contribution in [0.1, 0.15) is 17.5 Å². The maximum atomic E-state index is 12.8. The fourth-order valence-electron chi connectivity index (χ4n) is 3.33. The third kappa shape index (κ3) is 3.56. The number of hydrogen-bond donors (Lipinski definition) is 0. The fourth-order valence-corrected chi connectivity index (χ4v) is 3.33. The van der Waals surface area contributed by atoms with Crippen LogP contribution in [0.5, 0.6) is 5.75 Å². The molecule has 2 amide bonds. The Kier molecular flexibility index (Phi) is 4.97. The van der Waals surface area contributed by atoms with Crippen LogP contribution < -0.4 is 9.64 Å². The van der Waals surface area contributed by atoms with Crippen LogP contribution in [0.3, 0.4) is 0 Å². The lowest BCUT2D eigenvalue weighted by molar-refractivity contribution is -0.135. The van der Waals surface area contributed by atoms with Crippen LogP contribution >= 0.6 is 0 Å². The molecule has 3 rings (SSSR count). The third-order valence-electron chi connectivity index (χ3n) is 4.65. The number of hydrogen-bond acceptors (Lipinski definition) is 4. The van der Waals surface area contributed by atoms with E-state index >= 15 is 0 Å². The average molecular weight is 356 g/mol. The van der Waals surface area contributed by atoms with Gasteiger partial charge in [-0.15, -0.1) is 0 Å². The van der Waals surface area contributed by atoms with Crippen molar-refractivity contribution in [1.29, 1.82) is 0 Å². The Hall–Kier alpha value is -2.83. The summed E-state index contributed by atoms with van der Waals surface area (Å²) >= 11 is 0. The van der Waals surface area contributed by atoms with Gasteiger partial charge < -0.3 is 14.5 Å². The van der Waals surface area contributed by atoms with Gasteiger partial charge in [0.1, 0.15) is 5.75 Å². The number of aromatic nitrogens is 2. The van der Waals surface area contributed by atoms with Crippen molar-refractivity contribution >= 4 is 17.5 Å². The van der Waals surface area contributed by atoms with Gasteiger partial charge in [0.05, 0.1) is 24.9 Å². The third-order valence-corrected chi connectivity index (χ3v) is 4.65. The quantitative estimate of drug-likeness (QED) is 0.819. The second-order valence-corrected chi connectivity index (χ2v) is 6.80. The molecule has 0 N–H and O–H groups in total. The molecule has 2 heterocycles. The molecule has 0 spiro atoms. The normalized spacial score (nSPS) is 16.8. The lowest BCUT2D eigenvalue weighted by Crippen LogP contribution is -2.34. The van der Waals surface area contributed by atoms with Gasteiger partial charge in [-0.1, -0.05) is 6.07 Å². The van der Waals surface area contributed by atoms with Gasteiger partial charge in [0.25, 0.3) is 0 Å². The van der Waals surface area contributed by atoms with E-state index in [-0.39, 0.29) is 24.2 Å². The number of amides is 2. The highest BCUT2D eigenvalue weighted by atomic mass is 16.5. The number of benzene rings is 1. The van der Waals surface area contributed by atoms with Crippen molar-refractivity contribution in [2.75, 3.05) is 25.6 Å². The second kappa shape index (κ2) is 7.19. The molecule has 0 aliphatic carbocycles. The molecule has 138 valence electrons. The number of methoxy groups -OCH3 is 1. The lowest BCUT2D eigenvalue weighted by atomic mass is 10.1. The first-order valence-corrected chi connectivity index (χ1v) is 8.56. The summed E-state index contributed by atoms with van der Waals surface area (Å²) in [6.45, 7) is 2.81. The summed E-state index contributed by atoms with van der Waals surface area (Å²) < 4.78 is 7.09. The number of aryl methyl sites for hydroxylation is 2. The lowest BCUT2D eigenvalue weighted by Gasteiger charge is -2.22. The van der Waals surface area contributed by atoms with Crippen LogP contribution in [0.25, 0.3) is 0 Å². The molecule has 1 unspecified atom stereocenters. The zero-order chi connectivity index (χ0) is 18.8. The summed E-state index contributed by atoms with van der Waals surface area (Å²) in [7, 11) is 5.18. The fraction of sp³-hybridized carbons (Fsp3) is 0.421. The van der Waals surface area contributed by atoms with Crippen molar-refractivity contribution in [2.24, 2.45) is 13.0 Å². The summed E-state index contributed by atoms with van der Waals surface area (Å²) in [5, 5.41) is 4.12. The molecule has 0 bridgehead atoms. The number of ether oxygens (including phenoxy) is 1. The average Bonchev–Trinajstić information content (AvgIpc) is 3.19. The Bertz CT molecular complexity index is 830. The molecular weight excluding hydrogens is 332 g/mol. The van der Waals surface area contributed by atoms with Gasteiger partial charge in [0, 0.05) is 45.4 Å². The van der Waals surface area contributed by atoms with Gasteiger partial charge in [-0.3, -0.25) is 14.3 Å². The van der Waals surface area contributed by atoms with Crippen LogP contribution in [-0.4, -0.2) is 47.2 Å². The maximum Gasteiger partial charge on any atom is 0.228 e. The van der Waals surface area contributed by atoms with Crippen molar-refractivity contribution in [3.05, 3.63) is 41.7 Å². The van der Waals surface area contributed by atoms with E-state index in [1.807, 2.05) is 38.4 Å². The summed E-state index contributed by atoms with van der Waals surface area (Å²) in [5.74, 6) is 0.202. The highest BCUT2D eigenvalue weighted by Gasteiger charge is 2.37. The first-order valence-electron chi connectivity index (χ1n) is 8.56. The SMILES string of the molecule is COc1ccc(C)cc1N1CC(C(=O)N(C)Cc2cnn(C)c2)CC1=O. The molecule has 1 atom stereocenters. The van der Waals surface area contributed by atoms with Gasteiger partial charge in [-0.25, -0.2) is 0 Å². The van der Waals surface area contributed by atoms with Crippen molar-refractivity contribution in [3.8, 4) is 5.75 Å². The second-order valence-electron chi connectivity index (χ2n) is 6.80. The zero-order valence-corrected chi connectivity index (χ0v) is 15.6. The van der Waals surface area contributed by atoms with Crippen LogP contribution in [0.15, 0.2) is 30.6 Å². The standard InChI is InChI=1S/C19H24N4O3/c1-13-5-6-17(26-4)16(7-13)23-12-15(8-18(23)24)19(25)21(2)10-14-9-20-22(3)11-14/h5-7,9,11,15H,8,10,12H2,1-4H3. The Balaban J connectivity index is 1.73. The molecule has 0 saturated carbocycles. The van der Waals surface area contributed by atoms with Crippen molar-refractivity contribution in [2.45, 2.75) is 19.9 Å². The first kappa shape index (κ1) is 18.0. The van der Waals surface area contributed by atoms with E-state index in [0.29, 0.717) is 18.8 Å². The minimum atomic E-state index is -0.352. The van der Waals surface area contributed by atoms with Crippen molar-refractivity contribution < 1.29 is 14.3 Å². The smallest absolute Gasteiger partial charge is 0.228 e. The number of carbonyl (C=O) groups excluding carboxylic acids is 2. The van der Waals surface area contributed by atoms with Gasteiger partial charge in [-0.05, 0) is 24.6 Å². The predicted octanol–water partition coefficient (Wildman–Crippen LogP) is 1.75. The highest BCUT2D eigenvalue weighted by molar-refractivity contribution is 6.01. The molecule has 1 aliphatic heterocycles. The topological polar surface area (TPSA) is 67.7 Å². The van der Waals surface area contributed by atoms with Crippen LogP contribution in [0, 0.1) is 12.8 Å². The van der Waals surface area contributed by atoms with Crippen LogP contribution in [-0.2, 0) is 23.2 Å². The summed E-state index contributed by atoms with van der Waals surface area (Å²) in [5.41, 5.74) is 2.73. The summed E-state index contributed by atoms with van der Waals surface area (Å²) in [4.78, 5) is 28.6. The summed E-state index contributed by atoms with van der Waals surface area (Å²) in [6, 6.07) is 5.71. The molecule has 26 heavy (non-hydrogen) atoms. The monoisotopic (exact) mass is 356 g/mol. The van der Waals surface area contributed by atoms with Crippen molar-refractivity contribution in [1.82, 2.24) is 14.7 Å². The number of carbonyl (C=O) groups is 2. The Morgan fingerprint density at radius 3 is 2.85 bits per heavy atom. The molecule has 7 nitrogen and oxygen atoms in total. The molecule has 1 fully saturated rings. The van der Waals surface area contributed by atoms with Gasteiger partial charge in [0.15, 0.2) is 0 Å². The Morgan fingerprint density at radius 2 is 2.19 bits per heavy atom.